The van der Waals surface area contributed by atoms with Gasteiger partial charge in [-0.15, -0.1) is 0 Å². The number of carboxylic acids is 1. The fraction of sp³-hybridized carbons (Fsp3) is 0.167. The fourth-order valence-electron chi connectivity index (χ4n) is 1.69. The molecule has 0 amide bonds. The number of benzene rings is 1. The molecule has 1 N–H and O–H groups in total. The number of carboxylic acid groups (broad SMARTS) is 1. The van der Waals surface area contributed by atoms with Crippen LogP contribution in [0.2, 0.25) is 0 Å². The maximum Gasteiger partial charge on any atom is 0.307 e. The average molecular weight is 218 g/mol. The first-order chi connectivity index (χ1) is 7.59. The topological polar surface area (TPSA) is 67.5 Å². The van der Waals surface area contributed by atoms with E-state index < -0.39 is 5.97 Å². The van der Waals surface area contributed by atoms with Gasteiger partial charge in [-0.05, 0) is 6.92 Å². The van der Waals surface area contributed by atoms with Crippen LogP contribution in [0, 0.1) is 0 Å². The summed E-state index contributed by atoms with van der Waals surface area (Å²) in [7, 11) is 0. The van der Waals surface area contributed by atoms with E-state index in [-0.39, 0.29) is 12.2 Å². The summed E-state index contributed by atoms with van der Waals surface area (Å²) in [5.74, 6) is -1.01. The minimum Gasteiger partial charge on any atom is -0.481 e. The lowest BCUT2D eigenvalue weighted by Crippen LogP contribution is -2.00. The summed E-state index contributed by atoms with van der Waals surface area (Å²) in [6, 6.07) is 5.16. The summed E-state index contributed by atoms with van der Waals surface area (Å²) in [6.45, 7) is 1.45. The maximum absolute atomic E-state index is 11.3. The van der Waals surface area contributed by atoms with Crippen LogP contribution in [-0.4, -0.2) is 16.9 Å². The molecule has 4 heteroatoms. The molecular formula is C12H10O4. The van der Waals surface area contributed by atoms with E-state index >= 15 is 0 Å². The highest BCUT2D eigenvalue weighted by Crippen LogP contribution is 2.25. The summed E-state index contributed by atoms with van der Waals surface area (Å²) in [4.78, 5) is 21.9. The molecule has 82 valence electrons. The van der Waals surface area contributed by atoms with Crippen molar-refractivity contribution < 1.29 is 19.1 Å². The monoisotopic (exact) mass is 218 g/mol. The van der Waals surface area contributed by atoms with Gasteiger partial charge >= 0.3 is 5.97 Å². The van der Waals surface area contributed by atoms with Crippen molar-refractivity contribution >= 4 is 22.7 Å². The predicted octanol–water partition coefficient (Wildman–Crippen LogP) is 2.26. The molecule has 0 aliphatic heterocycles. The zero-order chi connectivity index (χ0) is 11.7. The van der Waals surface area contributed by atoms with Gasteiger partial charge < -0.3 is 9.52 Å². The zero-order valence-corrected chi connectivity index (χ0v) is 8.69. The second-order valence-corrected chi connectivity index (χ2v) is 3.57. The lowest BCUT2D eigenvalue weighted by molar-refractivity contribution is -0.136. The van der Waals surface area contributed by atoms with Crippen LogP contribution < -0.4 is 0 Å². The molecule has 16 heavy (non-hydrogen) atoms. The molecule has 0 saturated carbocycles. The predicted molar refractivity (Wildman–Crippen MR) is 57.6 cm³/mol. The molecule has 4 nitrogen and oxygen atoms in total. The molecule has 2 rings (SSSR count). The Morgan fingerprint density at radius 1 is 1.38 bits per heavy atom. The Kier molecular flexibility index (Phi) is 2.48. The molecule has 0 atom stereocenters. The van der Waals surface area contributed by atoms with E-state index in [1.54, 1.807) is 18.2 Å². The van der Waals surface area contributed by atoms with Gasteiger partial charge in [-0.2, -0.15) is 0 Å². The van der Waals surface area contributed by atoms with Crippen LogP contribution in [0.15, 0.2) is 28.9 Å². The van der Waals surface area contributed by atoms with E-state index in [1.807, 2.05) is 0 Å². The maximum atomic E-state index is 11.3. The zero-order valence-electron chi connectivity index (χ0n) is 8.69. The van der Waals surface area contributed by atoms with Crippen molar-refractivity contribution in [2.45, 2.75) is 13.3 Å². The highest BCUT2D eigenvalue weighted by molar-refractivity contribution is 6.06. The van der Waals surface area contributed by atoms with Crippen LogP contribution >= 0.6 is 0 Å². The van der Waals surface area contributed by atoms with Crippen LogP contribution in [0.5, 0.6) is 0 Å². The molecule has 2 aromatic rings. The van der Waals surface area contributed by atoms with Gasteiger partial charge in [0.15, 0.2) is 5.78 Å². The van der Waals surface area contributed by atoms with Gasteiger partial charge in [0, 0.05) is 10.9 Å². The van der Waals surface area contributed by atoms with Crippen LogP contribution in [0.25, 0.3) is 11.0 Å². The van der Waals surface area contributed by atoms with Gasteiger partial charge in [0.05, 0.1) is 12.0 Å². The number of aliphatic carboxylic acids is 1. The second kappa shape index (κ2) is 3.81. The SMILES string of the molecule is CC(=O)c1coc2c(CC(=O)O)cccc12. The van der Waals surface area contributed by atoms with E-state index in [4.69, 9.17) is 9.52 Å². The Balaban J connectivity index is 2.61. The average Bonchev–Trinajstić information content (AvgIpc) is 2.61. The number of para-hydroxylation sites is 1. The Hall–Kier alpha value is -2.10. The first-order valence-electron chi connectivity index (χ1n) is 4.81. The van der Waals surface area contributed by atoms with E-state index in [0.29, 0.717) is 22.1 Å². The molecule has 0 bridgehead atoms. The van der Waals surface area contributed by atoms with Gasteiger partial charge in [0.25, 0.3) is 0 Å². The van der Waals surface area contributed by atoms with Crippen molar-refractivity contribution in [2.75, 3.05) is 0 Å². The van der Waals surface area contributed by atoms with Crippen LogP contribution in [0.1, 0.15) is 22.8 Å². The van der Waals surface area contributed by atoms with Gasteiger partial charge in [0.1, 0.15) is 11.8 Å². The number of carbonyl (C=O) groups excluding carboxylic acids is 1. The fourth-order valence-corrected chi connectivity index (χ4v) is 1.69. The molecule has 1 heterocycles. The minimum absolute atomic E-state index is 0.0915. The number of rotatable bonds is 3. The van der Waals surface area contributed by atoms with E-state index in [9.17, 15) is 9.59 Å². The summed E-state index contributed by atoms with van der Waals surface area (Å²) >= 11 is 0. The highest BCUT2D eigenvalue weighted by atomic mass is 16.4. The Morgan fingerprint density at radius 3 is 2.75 bits per heavy atom. The van der Waals surface area contributed by atoms with Crippen molar-refractivity contribution in [3.8, 4) is 0 Å². The number of furan rings is 1. The summed E-state index contributed by atoms with van der Waals surface area (Å²) in [5, 5.41) is 9.41. The third-order valence-electron chi connectivity index (χ3n) is 2.40. The van der Waals surface area contributed by atoms with Crippen molar-refractivity contribution in [2.24, 2.45) is 0 Å². The van der Waals surface area contributed by atoms with E-state index in [1.165, 1.54) is 13.2 Å². The van der Waals surface area contributed by atoms with Crippen molar-refractivity contribution in [1.82, 2.24) is 0 Å². The molecule has 0 radical (unpaired) electrons. The number of ketones is 1. The smallest absolute Gasteiger partial charge is 0.307 e. The van der Waals surface area contributed by atoms with Gasteiger partial charge in [-0.25, -0.2) is 0 Å². The summed E-state index contributed by atoms with van der Waals surface area (Å²) in [6.07, 6.45) is 1.26. The number of hydrogen-bond donors (Lipinski definition) is 1. The van der Waals surface area contributed by atoms with Crippen LogP contribution in [0.4, 0.5) is 0 Å². The highest BCUT2D eigenvalue weighted by Gasteiger charge is 2.13. The number of Topliss-reactive ketones (excluding diaryl/α,β-unsaturated/α-hetero) is 1. The van der Waals surface area contributed by atoms with Crippen molar-refractivity contribution in [3.63, 3.8) is 0 Å². The van der Waals surface area contributed by atoms with Gasteiger partial charge in [-0.3, -0.25) is 9.59 Å². The molecule has 1 aromatic carbocycles. The van der Waals surface area contributed by atoms with Crippen LogP contribution in [-0.2, 0) is 11.2 Å². The molecular weight excluding hydrogens is 208 g/mol. The second-order valence-electron chi connectivity index (χ2n) is 3.57. The Morgan fingerprint density at radius 2 is 2.12 bits per heavy atom. The third kappa shape index (κ3) is 1.69. The standard InChI is InChI=1S/C12H10O4/c1-7(13)10-6-16-12-8(5-11(14)15)3-2-4-9(10)12/h2-4,6H,5H2,1H3,(H,14,15). The number of carbonyl (C=O) groups is 2. The molecule has 0 fully saturated rings. The molecule has 0 spiro atoms. The van der Waals surface area contributed by atoms with Crippen molar-refractivity contribution in [3.05, 3.63) is 35.6 Å². The van der Waals surface area contributed by atoms with Crippen LogP contribution in [0.3, 0.4) is 0 Å². The first kappa shape index (κ1) is 10.4. The van der Waals surface area contributed by atoms with Crippen molar-refractivity contribution in [1.29, 1.82) is 0 Å². The molecule has 0 saturated heterocycles. The van der Waals surface area contributed by atoms with E-state index in [2.05, 4.69) is 0 Å². The molecule has 1 aromatic heterocycles. The summed E-state index contributed by atoms with van der Waals surface area (Å²) < 4.78 is 5.26. The molecule has 0 aliphatic rings. The largest absolute Gasteiger partial charge is 0.481 e. The van der Waals surface area contributed by atoms with Gasteiger partial charge in [-0.1, -0.05) is 18.2 Å². The lowest BCUT2D eigenvalue weighted by Gasteiger charge is -1.98. The molecule has 0 unspecified atom stereocenters. The minimum atomic E-state index is -0.923. The first-order valence-corrected chi connectivity index (χ1v) is 4.81. The van der Waals surface area contributed by atoms with Gasteiger partial charge in [0.2, 0.25) is 0 Å². The Labute approximate surface area is 91.5 Å². The summed E-state index contributed by atoms with van der Waals surface area (Å²) in [5.41, 5.74) is 1.55. The third-order valence-corrected chi connectivity index (χ3v) is 2.40. The quantitative estimate of drug-likeness (QED) is 0.802. The normalized spacial score (nSPS) is 10.6. The number of fused-ring (bicyclic) bond motifs is 1. The van der Waals surface area contributed by atoms with E-state index in [0.717, 1.165) is 0 Å². The number of hydrogen-bond acceptors (Lipinski definition) is 3. The Bertz CT molecular complexity index is 565. The molecule has 0 aliphatic carbocycles. The lowest BCUT2D eigenvalue weighted by atomic mass is 10.1.